The molecule has 3 aromatic rings. The fraction of sp³-hybridized carbons (Fsp3) is 0.250. The van der Waals surface area contributed by atoms with Crippen molar-refractivity contribution in [2.75, 3.05) is 0 Å². The van der Waals surface area contributed by atoms with Gasteiger partial charge in [-0.1, -0.05) is 42.2 Å². The largest absolute Gasteiger partial charge is 0.340 e. The molecule has 25 heavy (non-hydrogen) atoms. The van der Waals surface area contributed by atoms with Gasteiger partial charge >= 0.3 is 0 Å². The van der Waals surface area contributed by atoms with Gasteiger partial charge in [-0.05, 0) is 24.1 Å². The van der Waals surface area contributed by atoms with E-state index in [1.165, 1.54) is 6.07 Å². The lowest BCUT2D eigenvalue weighted by Gasteiger charge is -2.18. The second-order valence-electron chi connectivity index (χ2n) is 5.63. The van der Waals surface area contributed by atoms with E-state index in [2.05, 4.69) is 20.4 Å². The average molecular weight is 397 g/mol. The molecule has 0 saturated heterocycles. The van der Waals surface area contributed by atoms with Crippen molar-refractivity contribution in [3.8, 4) is 11.4 Å². The summed E-state index contributed by atoms with van der Waals surface area (Å²) in [6.07, 6.45) is 3.31. The van der Waals surface area contributed by atoms with E-state index < -0.39 is 6.04 Å². The number of aromatic nitrogens is 3. The highest BCUT2D eigenvalue weighted by molar-refractivity contribution is 7.20. The number of amides is 1. The molecule has 1 atom stereocenters. The molecule has 0 aliphatic carbocycles. The molecule has 3 aromatic heterocycles. The highest BCUT2D eigenvalue weighted by Crippen LogP contribution is 2.32. The maximum absolute atomic E-state index is 12.5. The van der Waals surface area contributed by atoms with Crippen LogP contribution >= 0.6 is 34.5 Å². The SMILES string of the molecule is CC(C)C(NC(=O)c1cc(Cl)sc1Cl)c1nc(-c2cccnc2)no1. The van der Waals surface area contributed by atoms with Crippen LogP contribution in [0, 0.1) is 5.92 Å². The number of pyridine rings is 1. The number of hydrogen-bond donors (Lipinski definition) is 1. The van der Waals surface area contributed by atoms with Crippen molar-refractivity contribution in [1.29, 1.82) is 0 Å². The molecule has 3 rings (SSSR count). The van der Waals surface area contributed by atoms with Crippen LogP contribution in [0.4, 0.5) is 0 Å². The fourth-order valence-electron chi connectivity index (χ4n) is 2.20. The molecule has 6 nitrogen and oxygen atoms in total. The van der Waals surface area contributed by atoms with Crippen LogP contribution < -0.4 is 5.32 Å². The smallest absolute Gasteiger partial charge is 0.254 e. The summed E-state index contributed by atoms with van der Waals surface area (Å²) >= 11 is 13.1. The molecule has 0 aromatic carbocycles. The molecule has 130 valence electrons. The van der Waals surface area contributed by atoms with E-state index in [1.54, 1.807) is 18.5 Å². The first-order chi connectivity index (χ1) is 12.0. The molecule has 0 bridgehead atoms. The molecular weight excluding hydrogens is 383 g/mol. The number of rotatable bonds is 5. The Morgan fingerprint density at radius 2 is 2.16 bits per heavy atom. The van der Waals surface area contributed by atoms with Crippen LogP contribution in [0.3, 0.4) is 0 Å². The van der Waals surface area contributed by atoms with Crippen LogP contribution in [0.2, 0.25) is 8.67 Å². The van der Waals surface area contributed by atoms with E-state index in [1.807, 2.05) is 19.9 Å². The predicted molar refractivity (Wildman–Crippen MR) is 96.9 cm³/mol. The van der Waals surface area contributed by atoms with E-state index >= 15 is 0 Å². The number of nitrogens with one attached hydrogen (secondary N) is 1. The summed E-state index contributed by atoms with van der Waals surface area (Å²) in [6.45, 7) is 3.89. The standard InChI is InChI=1S/C16H14Cl2N4O2S/c1-8(2)12(20-15(23)10-6-11(17)25-13(10)18)16-21-14(22-24-16)9-4-3-5-19-7-9/h3-8,12H,1-2H3,(H,20,23). The Labute approximate surface area is 158 Å². The first-order valence-corrected chi connectivity index (χ1v) is 9.02. The van der Waals surface area contributed by atoms with E-state index in [4.69, 9.17) is 27.7 Å². The first-order valence-electron chi connectivity index (χ1n) is 7.45. The number of halogens is 2. The van der Waals surface area contributed by atoms with Crippen LogP contribution in [0.1, 0.15) is 36.1 Å². The van der Waals surface area contributed by atoms with E-state index in [9.17, 15) is 4.79 Å². The van der Waals surface area contributed by atoms with Crippen molar-refractivity contribution in [2.45, 2.75) is 19.9 Å². The second-order valence-corrected chi connectivity index (χ2v) is 7.92. The molecule has 1 amide bonds. The predicted octanol–water partition coefficient (Wildman–Crippen LogP) is 4.63. The molecule has 1 unspecified atom stereocenters. The van der Waals surface area contributed by atoms with Crippen LogP contribution in [-0.4, -0.2) is 21.0 Å². The Hall–Kier alpha value is -1.96. The third kappa shape index (κ3) is 4.00. The Morgan fingerprint density at radius 3 is 2.76 bits per heavy atom. The summed E-state index contributed by atoms with van der Waals surface area (Å²) in [7, 11) is 0. The van der Waals surface area contributed by atoms with Gasteiger partial charge in [0.25, 0.3) is 5.91 Å². The van der Waals surface area contributed by atoms with E-state index in [0.717, 1.165) is 16.9 Å². The van der Waals surface area contributed by atoms with Crippen LogP contribution in [0.25, 0.3) is 11.4 Å². The molecule has 0 radical (unpaired) electrons. The van der Waals surface area contributed by atoms with Gasteiger partial charge in [-0.25, -0.2) is 0 Å². The van der Waals surface area contributed by atoms with Gasteiger partial charge in [-0.2, -0.15) is 4.98 Å². The highest BCUT2D eigenvalue weighted by atomic mass is 35.5. The van der Waals surface area contributed by atoms with Gasteiger partial charge in [0, 0.05) is 18.0 Å². The normalized spacial score (nSPS) is 12.4. The van der Waals surface area contributed by atoms with Gasteiger partial charge < -0.3 is 9.84 Å². The molecule has 3 heterocycles. The zero-order chi connectivity index (χ0) is 18.0. The van der Waals surface area contributed by atoms with Gasteiger partial charge in [0.2, 0.25) is 11.7 Å². The van der Waals surface area contributed by atoms with Gasteiger partial charge in [0.15, 0.2) is 0 Å². The molecule has 1 N–H and O–H groups in total. The number of nitrogens with zero attached hydrogens (tertiary/aromatic N) is 3. The molecule has 0 spiro atoms. The van der Waals surface area contributed by atoms with Crippen molar-refractivity contribution in [1.82, 2.24) is 20.4 Å². The van der Waals surface area contributed by atoms with E-state index in [-0.39, 0.29) is 11.8 Å². The van der Waals surface area contributed by atoms with Crippen LogP contribution in [0.5, 0.6) is 0 Å². The number of carbonyl (C=O) groups is 1. The minimum Gasteiger partial charge on any atom is -0.340 e. The summed E-state index contributed by atoms with van der Waals surface area (Å²) < 4.78 is 6.15. The summed E-state index contributed by atoms with van der Waals surface area (Å²) in [5.74, 6) is 0.422. The minimum absolute atomic E-state index is 0.0269. The van der Waals surface area contributed by atoms with Gasteiger partial charge in [0.1, 0.15) is 10.4 Å². The molecular formula is C16H14Cl2N4O2S. The van der Waals surface area contributed by atoms with Crippen molar-refractivity contribution in [2.24, 2.45) is 5.92 Å². The number of thiophene rings is 1. The Morgan fingerprint density at radius 1 is 1.36 bits per heavy atom. The zero-order valence-electron chi connectivity index (χ0n) is 13.4. The summed E-state index contributed by atoms with van der Waals surface area (Å²) in [4.78, 5) is 20.9. The van der Waals surface area contributed by atoms with Crippen LogP contribution in [-0.2, 0) is 0 Å². The lowest BCUT2D eigenvalue weighted by molar-refractivity contribution is 0.0914. The van der Waals surface area contributed by atoms with Gasteiger partial charge in [-0.15, -0.1) is 11.3 Å². The Kier molecular flexibility index (Phi) is 5.36. The highest BCUT2D eigenvalue weighted by Gasteiger charge is 2.26. The van der Waals surface area contributed by atoms with Gasteiger partial charge in [-0.3, -0.25) is 9.78 Å². The quantitative estimate of drug-likeness (QED) is 0.679. The van der Waals surface area contributed by atoms with Gasteiger partial charge in [0.05, 0.1) is 9.90 Å². The van der Waals surface area contributed by atoms with Crippen molar-refractivity contribution in [3.63, 3.8) is 0 Å². The second kappa shape index (κ2) is 7.51. The number of hydrogen-bond acceptors (Lipinski definition) is 6. The summed E-state index contributed by atoms with van der Waals surface area (Å²) in [6, 6.07) is 4.70. The topological polar surface area (TPSA) is 80.9 Å². The molecule has 0 saturated carbocycles. The van der Waals surface area contributed by atoms with E-state index in [0.29, 0.717) is 26.0 Å². The molecule has 0 aliphatic heterocycles. The number of carbonyl (C=O) groups excluding carboxylic acids is 1. The molecule has 0 fully saturated rings. The molecule has 0 aliphatic rings. The van der Waals surface area contributed by atoms with Crippen molar-refractivity contribution >= 4 is 40.4 Å². The third-order valence-corrected chi connectivity index (χ3v) is 4.97. The Balaban J connectivity index is 1.83. The zero-order valence-corrected chi connectivity index (χ0v) is 15.7. The maximum Gasteiger partial charge on any atom is 0.254 e. The third-order valence-electron chi connectivity index (χ3n) is 3.48. The lowest BCUT2D eigenvalue weighted by Crippen LogP contribution is -2.31. The van der Waals surface area contributed by atoms with Crippen LogP contribution in [0.15, 0.2) is 35.1 Å². The van der Waals surface area contributed by atoms with Crippen molar-refractivity contribution in [3.05, 3.63) is 50.7 Å². The van der Waals surface area contributed by atoms with Crippen molar-refractivity contribution < 1.29 is 9.32 Å². The molecule has 9 heteroatoms. The summed E-state index contributed by atoms with van der Waals surface area (Å²) in [5.41, 5.74) is 1.06. The lowest BCUT2D eigenvalue weighted by atomic mass is 10.0. The monoisotopic (exact) mass is 396 g/mol. The maximum atomic E-state index is 12.5. The fourth-order valence-corrected chi connectivity index (χ4v) is 3.66. The Bertz CT molecular complexity index is 879. The summed E-state index contributed by atoms with van der Waals surface area (Å²) in [5, 5.41) is 6.85. The minimum atomic E-state index is -0.458. The first kappa shape index (κ1) is 17.8. The average Bonchev–Trinajstić information content (AvgIpc) is 3.19.